The Balaban J connectivity index is 0.934. The SMILES string of the molecule is Cc1ncsc1-c1ccc(CNC(=O)[C@@H]2CCCN2C(=O)[C@@H](NC(=O)COCCOCCOc2cc(Cl)c(N3C(=S)N(c4ccc(C#N)c(C(F)(F)F)c4F)C(=O)C3(C)C)cn2)C(C)(C)C)cc1. The van der Waals surface area contributed by atoms with Gasteiger partial charge in [-0.2, -0.15) is 18.4 Å². The fraction of sp³-hybridized carbons (Fsp3) is 0.435. The van der Waals surface area contributed by atoms with E-state index in [1.54, 1.807) is 21.7 Å². The number of amides is 4. The summed E-state index contributed by atoms with van der Waals surface area (Å²) in [4.78, 5) is 66.9. The molecule has 6 rings (SSSR count). The zero-order valence-corrected chi connectivity index (χ0v) is 40.4. The number of nitrogens with one attached hydrogen (secondary N) is 2. The number of carbonyl (C=O) groups excluding carboxylic acids is 4. The third-order valence-corrected chi connectivity index (χ3v) is 12.9. The molecule has 2 aliphatic rings. The van der Waals surface area contributed by atoms with Gasteiger partial charge in [0.05, 0.1) is 70.1 Å². The van der Waals surface area contributed by atoms with Gasteiger partial charge in [0.2, 0.25) is 23.6 Å². The molecule has 15 nitrogen and oxygen atoms in total. The highest BCUT2D eigenvalue weighted by atomic mass is 35.5. The van der Waals surface area contributed by atoms with Crippen molar-refractivity contribution in [3.05, 3.63) is 87.4 Å². The van der Waals surface area contributed by atoms with Gasteiger partial charge in [-0.25, -0.2) is 14.4 Å². The van der Waals surface area contributed by atoms with E-state index in [2.05, 4.69) is 20.6 Å². The Labute approximate surface area is 404 Å². The molecule has 4 aromatic rings. The summed E-state index contributed by atoms with van der Waals surface area (Å²) in [5, 5.41) is 14.6. The maximum absolute atomic E-state index is 15.4. The first-order chi connectivity index (χ1) is 32.1. The second kappa shape index (κ2) is 21.2. The number of hydrogen-bond acceptors (Lipinski definition) is 12. The van der Waals surface area contributed by atoms with Gasteiger partial charge in [0.25, 0.3) is 5.91 Å². The molecule has 0 unspecified atom stereocenters. The largest absolute Gasteiger partial charge is 0.475 e. The van der Waals surface area contributed by atoms with Crippen molar-refractivity contribution < 1.29 is 51.0 Å². The predicted molar refractivity (Wildman–Crippen MR) is 249 cm³/mol. The van der Waals surface area contributed by atoms with Gasteiger partial charge in [0, 0.05) is 19.2 Å². The Hall–Kier alpha value is -5.79. The molecule has 2 aromatic heterocycles. The number of rotatable bonds is 17. The zero-order chi connectivity index (χ0) is 49.7. The summed E-state index contributed by atoms with van der Waals surface area (Å²) in [7, 11) is 0. The highest BCUT2D eigenvalue weighted by Gasteiger charge is 2.52. The van der Waals surface area contributed by atoms with Crippen molar-refractivity contribution in [1.29, 1.82) is 5.26 Å². The summed E-state index contributed by atoms with van der Waals surface area (Å²) in [6.45, 7) is 10.8. The number of carbonyl (C=O) groups is 4. The maximum Gasteiger partial charge on any atom is 0.420 e. The number of benzene rings is 2. The summed E-state index contributed by atoms with van der Waals surface area (Å²) in [6, 6.07) is 10.6. The van der Waals surface area contributed by atoms with E-state index >= 15 is 4.39 Å². The molecule has 0 spiro atoms. The van der Waals surface area contributed by atoms with E-state index in [9.17, 15) is 32.3 Å². The quantitative estimate of drug-likeness (QED) is 0.0611. The number of ether oxygens (including phenoxy) is 3. The summed E-state index contributed by atoms with van der Waals surface area (Å²) in [5.74, 6) is -3.76. The van der Waals surface area contributed by atoms with Crippen LogP contribution in [0.3, 0.4) is 0 Å². The Bertz CT molecular complexity index is 2600. The Morgan fingerprint density at radius 2 is 1.74 bits per heavy atom. The number of hydrogen-bond donors (Lipinski definition) is 2. The van der Waals surface area contributed by atoms with E-state index in [4.69, 9.17) is 43.3 Å². The van der Waals surface area contributed by atoms with Gasteiger partial charge in [-0.15, -0.1) is 11.3 Å². The highest BCUT2D eigenvalue weighted by molar-refractivity contribution is 7.81. The molecule has 68 heavy (non-hydrogen) atoms. The average Bonchev–Trinajstić information content (AvgIpc) is 3.99. The van der Waals surface area contributed by atoms with Gasteiger partial charge in [-0.1, -0.05) is 56.6 Å². The van der Waals surface area contributed by atoms with Crippen LogP contribution in [-0.4, -0.2) is 101 Å². The van der Waals surface area contributed by atoms with E-state index in [1.807, 2.05) is 52.0 Å². The third-order valence-electron chi connectivity index (χ3n) is 11.3. The van der Waals surface area contributed by atoms with Crippen LogP contribution in [0.2, 0.25) is 5.02 Å². The Morgan fingerprint density at radius 3 is 2.37 bits per heavy atom. The molecule has 362 valence electrons. The van der Waals surface area contributed by atoms with Crippen molar-refractivity contribution in [3.8, 4) is 22.4 Å². The van der Waals surface area contributed by atoms with Gasteiger partial charge in [0.15, 0.2) is 10.9 Å². The molecule has 22 heteroatoms. The van der Waals surface area contributed by atoms with Gasteiger partial charge in [-0.05, 0) is 74.5 Å². The van der Waals surface area contributed by atoms with Gasteiger partial charge >= 0.3 is 6.18 Å². The van der Waals surface area contributed by atoms with Gasteiger partial charge in [0.1, 0.15) is 36.4 Å². The lowest BCUT2D eigenvalue weighted by Gasteiger charge is -2.35. The summed E-state index contributed by atoms with van der Waals surface area (Å²) < 4.78 is 73.3. The van der Waals surface area contributed by atoms with Crippen molar-refractivity contribution >= 4 is 75.3 Å². The monoisotopic (exact) mass is 1000 g/mol. The number of thiazole rings is 1. The molecular formula is C46H49ClF4N8O7S2. The molecular weight excluding hydrogens is 952 g/mol. The van der Waals surface area contributed by atoms with Crippen LogP contribution in [0.5, 0.6) is 5.88 Å². The van der Waals surface area contributed by atoms with Crippen LogP contribution in [0.4, 0.5) is 28.9 Å². The van der Waals surface area contributed by atoms with Crippen LogP contribution < -0.4 is 25.2 Å². The van der Waals surface area contributed by atoms with E-state index in [1.165, 1.54) is 37.1 Å². The van der Waals surface area contributed by atoms with E-state index in [0.29, 0.717) is 30.8 Å². The Morgan fingerprint density at radius 1 is 1.04 bits per heavy atom. The number of aryl methyl sites for hydroxylation is 1. The molecule has 2 N–H and O–H groups in total. The van der Waals surface area contributed by atoms with Gasteiger partial charge < -0.3 is 34.6 Å². The number of nitrogens with zero attached hydrogens (tertiary/aromatic N) is 6. The average molecular weight is 1000 g/mol. The highest BCUT2D eigenvalue weighted by Crippen LogP contribution is 2.43. The first kappa shape index (κ1) is 51.6. The molecule has 2 saturated heterocycles. The van der Waals surface area contributed by atoms with Crippen molar-refractivity contribution in [2.24, 2.45) is 5.41 Å². The van der Waals surface area contributed by atoms with Crippen molar-refractivity contribution in [2.45, 2.75) is 84.7 Å². The van der Waals surface area contributed by atoms with E-state index in [0.717, 1.165) is 33.8 Å². The zero-order valence-electron chi connectivity index (χ0n) is 38.0. The number of nitriles is 1. The van der Waals surface area contributed by atoms with Crippen molar-refractivity contribution in [2.75, 3.05) is 49.4 Å². The molecule has 2 aromatic carbocycles. The molecule has 4 amide bonds. The lowest BCUT2D eigenvalue weighted by Crippen LogP contribution is -2.58. The minimum Gasteiger partial charge on any atom is -0.475 e. The molecule has 0 radical (unpaired) electrons. The first-order valence-corrected chi connectivity index (χ1v) is 23.0. The van der Waals surface area contributed by atoms with Crippen molar-refractivity contribution in [3.63, 3.8) is 0 Å². The predicted octanol–water partition coefficient (Wildman–Crippen LogP) is 7.36. The fourth-order valence-electron chi connectivity index (χ4n) is 7.74. The lowest BCUT2D eigenvalue weighted by molar-refractivity contribution is -0.144. The van der Waals surface area contributed by atoms with E-state index < -0.39 is 63.7 Å². The molecule has 2 fully saturated rings. The van der Waals surface area contributed by atoms with E-state index in [-0.39, 0.29) is 66.6 Å². The smallest absolute Gasteiger partial charge is 0.420 e. The molecule has 0 aliphatic carbocycles. The number of likely N-dealkylation sites (tertiary alicyclic amines) is 1. The second-order valence-corrected chi connectivity index (χ2v) is 19.1. The van der Waals surface area contributed by atoms with Crippen LogP contribution in [0.25, 0.3) is 10.4 Å². The number of thiocarbonyl (C=S) groups is 1. The normalized spacial score (nSPS) is 16.5. The summed E-state index contributed by atoms with van der Waals surface area (Å²) in [6.07, 6.45) is -2.84. The minimum atomic E-state index is -5.23. The molecule has 0 bridgehead atoms. The molecule has 0 saturated carbocycles. The molecule has 2 atom stereocenters. The van der Waals surface area contributed by atoms with Gasteiger partial charge in [-0.3, -0.25) is 24.1 Å². The number of aromatic nitrogens is 2. The fourth-order valence-corrected chi connectivity index (χ4v) is 9.29. The number of alkyl halides is 3. The molecule has 2 aliphatic heterocycles. The van der Waals surface area contributed by atoms with Crippen molar-refractivity contribution in [1.82, 2.24) is 25.5 Å². The van der Waals surface area contributed by atoms with Crippen LogP contribution in [0, 0.1) is 29.5 Å². The number of halogens is 5. The van der Waals surface area contributed by atoms with Crippen LogP contribution in [0.15, 0.2) is 54.2 Å². The number of pyridine rings is 1. The van der Waals surface area contributed by atoms with Crippen LogP contribution in [0.1, 0.15) is 69.8 Å². The first-order valence-electron chi connectivity index (χ1n) is 21.4. The topological polar surface area (TPSA) is 179 Å². The second-order valence-electron chi connectivity index (χ2n) is 17.5. The lowest BCUT2D eigenvalue weighted by atomic mass is 9.85. The van der Waals surface area contributed by atoms with Crippen LogP contribution in [-0.2, 0) is 41.4 Å². The Kier molecular flexibility index (Phi) is 16.1. The number of anilines is 2. The third kappa shape index (κ3) is 11.4. The summed E-state index contributed by atoms with van der Waals surface area (Å²) in [5.41, 5.74) is -0.985. The standard InChI is InChI=1S/C46H49ClF4N8O7S2/c1-26-38(68-25-55-26)28-11-9-27(10-12-28)22-54-40(61)32-8-7-15-57(32)41(62)39(44(2,3)4)56-34(60)24-65-17-16-64-18-19-66-35-20-30(47)33(23-53-35)59-43(67)58(42(63)45(59,5)6)31-14-13-29(21-52)36(37(31)48)46(49,50)51/h9-14,20,23,25,32,39H,7-8,15-19,22,24H2,1-6H3,(H,54,61)(H,56,60)/t32-,39+/m0/s1. The molecule has 4 heterocycles. The maximum atomic E-state index is 15.4. The van der Waals surface area contributed by atoms with Crippen LogP contribution >= 0.6 is 35.2 Å². The summed E-state index contributed by atoms with van der Waals surface area (Å²) >= 11 is 13.6. The minimum absolute atomic E-state index is 0.00123.